The number of amides is 4. The summed E-state index contributed by atoms with van der Waals surface area (Å²) < 4.78 is 51.4. The van der Waals surface area contributed by atoms with Crippen molar-refractivity contribution in [3.05, 3.63) is 53.6 Å². The van der Waals surface area contributed by atoms with E-state index in [-0.39, 0.29) is 54.1 Å². The van der Waals surface area contributed by atoms with Gasteiger partial charge >= 0.3 is 12.2 Å². The molecule has 1 heterocycles. The Hall–Kier alpha value is -3.88. The Kier molecular flexibility index (Phi) is 15.3. The number of aliphatic hydroxyl groups is 1. The summed E-state index contributed by atoms with van der Waals surface area (Å²) in [6, 6.07) is 7.38. The zero-order valence-corrected chi connectivity index (χ0v) is 29.9. The van der Waals surface area contributed by atoms with Gasteiger partial charge in [0.2, 0.25) is 5.91 Å². The second kappa shape index (κ2) is 18.9. The van der Waals surface area contributed by atoms with Gasteiger partial charge in [-0.2, -0.15) is 13.2 Å². The molecule has 0 spiro atoms. The quantitative estimate of drug-likeness (QED) is 0.279. The number of ether oxygens (including phenoxy) is 2. The molecule has 14 heteroatoms. The Morgan fingerprint density at radius 3 is 2.34 bits per heavy atom. The minimum Gasteiger partial charge on any atom is -0.490 e. The predicted octanol–water partition coefficient (Wildman–Crippen LogP) is 5.95. The van der Waals surface area contributed by atoms with Gasteiger partial charge in [-0.25, -0.2) is 4.79 Å². The number of fused-ring (bicyclic) bond motifs is 1. The smallest absolute Gasteiger partial charge is 0.416 e. The normalized spacial score (nSPS) is 19.9. The number of aliphatic hydroxyl groups excluding tert-OH is 1. The third kappa shape index (κ3) is 12.5. The van der Waals surface area contributed by atoms with Crippen LogP contribution in [0.1, 0.15) is 68.8 Å². The number of carbonyl (C=O) groups excluding carboxylic acids is 3. The molecule has 0 saturated carbocycles. The van der Waals surface area contributed by atoms with Crippen molar-refractivity contribution in [1.82, 2.24) is 14.7 Å². The Balaban J connectivity index is 1.86. The van der Waals surface area contributed by atoms with Gasteiger partial charge in [0.25, 0.3) is 5.91 Å². The molecule has 278 valence electrons. The van der Waals surface area contributed by atoms with E-state index in [9.17, 15) is 32.7 Å². The number of benzene rings is 2. The summed E-state index contributed by atoms with van der Waals surface area (Å²) in [7, 11) is 5.69. The molecular formula is C36H52F3N5O6. The lowest BCUT2D eigenvalue weighted by molar-refractivity contribution is -0.137. The predicted molar refractivity (Wildman–Crippen MR) is 186 cm³/mol. The van der Waals surface area contributed by atoms with Gasteiger partial charge < -0.3 is 39.9 Å². The summed E-state index contributed by atoms with van der Waals surface area (Å²) in [4.78, 5) is 45.3. The van der Waals surface area contributed by atoms with E-state index in [2.05, 4.69) is 10.6 Å². The largest absolute Gasteiger partial charge is 0.490 e. The third-order valence-corrected chi connectivity index (χ3v) is 8.66. The molecule has 0 unspecified atom stereocenters. The SMILES string of the molecule is C[C@@H]1CN([C@@H](C)CO)C(=O)c2cc(NC(=O)Nc3ccc(C(F)(F)F)cc3)ccc2O[C@@H](C)CCCCO[C@@H]1CN(C)C(=O)CCCN(C)C. The molecule has 0 fully saturated rings. The average molecular weight is 708 g/mol. The molecule has 1 aliphatic rings. The van der Waals surface area contributed by atoms with E-state index in [0.717, 1.165) is 50.1 Å². The van der Waals surface area contributed by atoms with Crippen molar-refractivity contribution in [3.63, 3.8) is 0 Å². The molecular weight excluding hydrogens is 655 g/mol. The van der Waals surface area contributed by atoms with Crippen LogP contribution in [0.5, 0.6) is 5.75 Å². The molecule has 0 bridgehead atoms. The Bertz CT molecular complexity index is 1410. The lowest BCUT2D eigenvalue weighted by Crippen LogP contribution is -2.48. The second-order valence-corrected chi connectivity index (χ2v) is 13.3. The van der Waals surface area contributed by atoms with E-state index in [0.29, 0.717) is 31.7 Å². The summed E-state index contributed by atoms with van der Waals surface area (Å²) in [5, 5.41) is 15.3. The lowest BCUT2D eigenvalue weighted by Gasteiger charge is -2.36. The van der Waals surface area contributed by atoms with Gasteiger partial charge in [0.05, 0.1) is 36.0 Å². The molecule has 1 aliphatic heterocycles. The summed E-state index contributed by atoms with van der Waals surface area (Å²) in [6.07, 6.45) is -1.72. The number of hydrogen-bond donors (Lipinski definition) is 3. The van der Waals surface area contributed by atoms with Gasteiger partial charge in [-0.1, -0.05) is 6.92 Å². The monoisotopic (exact) mass is 707 g/mol. The van der Waals surface area contributed by atoms with E-state index in [4.69, 9.17) is 9.47 Å². The van der Waals surface area contributed by atoms with E-state index in [1.54, 1.807) is 35.9 Å². The van der Waals surface area contributed by atoms with E-state index >= 15 is 0 Å². The summed E-state index contributed by atoms with van der Waals surface area (Å²) in [6.45, 7) is 7.10. The lowest BCUT2D eigenvalue weighted by atomic mass is 10.0. The van der Waals surface area contributed by atoms with Gasteiger partial charge in [-0.3, -0.25) is 9.59 Å². The molecule has 0 aliphatic carbocycles. The van der Waals surface area contributed by atoms with Gasteiger partial charge in [0.1, 0.15) is 5.75 Å². The first-order chi connectivity index (χ1) is 23.6. The molecule has 3 N–H and O–H groups in total. The first-order valence-electron chi connectivity index (χ1n) is 17.1. The van der Waals surface area contributed by atoms with Gasteiger partial charge in [0.15, 0.2) is 0 Å². The highest BCUT2D eigenvalue weighted by Crippen LogP contribution is 2.31. The van der Waals surface area contributed by atoms with Crippen LogP contribution in [0.15, 0.2) is 42.5 Å². The van der Waals surface area contributed by atoms with Crippen LogP contribution in [-0.4, -0.2) is 110 Å². The molecule has 0 saturated heterocycles. The average Bonchev–Trinajstić information content (AvgIpc) is 3.05. The van der Waals surface area contributed by atoms with Crippen molar-refractivity contribution in [1.29, 1.82) is 0 Å². The molecule has 3 rings (SSSR count). The molecule has 4 amide bonds. The maximum Gasteiger partial charge on any atom is 0.416 e. The fraction of sp³-hybridized carbons (Fsp3) is 0.583. The fourth-order valence-corrected chi connectivity index (χ4v) is 5.61. The minimum absolute atomic E-state index is 0.0148. The van der Waals surface area contributed by atoms with Crippen molar-refractivity contribution >= 4 is 29.2 Å². The molecule has 2 aromatic carbocycles. The standard InChI is InChI=1S/C36H52F3N5O6/c1-24-21-44(25(2)23-45)34(47)30-20-29(41-35(48)40-28-14-12-27(13-15-28)36(37,38)39)16-17-31(30)50-26(3)10-7-8-19-49-32(24)22-43(6)33(46)11-9-18-42(4)5/h12-17,20,24-26,32,45H,7-11,18-19,21-23H2,1-6H3,(H2,40,41,48)/t24-,25+,26+,32-/m1/s1. The summed E-state index contributed by atoms with van der Waals surface area (Å²) in [5.41, 5.74) is -0.275. The number of urea groups is 1. The molecule has 11 nitrogen and oxygen atoms in total. The highest BCUT2D eigenvalue weighted by Gasteiger charge is 2.32. The molecule has 4 atom stereocenters. The van der Waals surface area contributed by atoms with Crippen LogP contribution < -0.4 is 15.4 Å². The number of likely N-dealkylation sites (N-methyl/N-ethyl adjacent to an activating group) is 1. The maximum absolute atomic E-state index is 14.3. The van der Waals surface area contributed by atoms with Gasteiger partial charge in [-0.05, 0) is 103 Å². The first kappa shape index (κ1) is 40.5. The summed E-state index contributed by atoms with van der Waals surface area (Å²) >= 11 is 0. The number of alkyl halides is 3. The number of rotatable bonds is 10. The van der Waals surface area contributed by atoms with Crippen LogP contribution in [0, 0.1) is 5.92 Å². The molecule has 0 radical (unpaired) electrons. The number of anilines is 2. The Labute approximate surface area is 293 Å². The second-order valence-electron chi connectivity index (χ2n) is 13.3. The molecule has 50 heavy (non-hydrogen) atoms. The number of carbonyl (C=O) groups is 3. The van der Waals surface area contributed by atoms with Crippen molar-refractivity contribution < 1.29 is 42.1 Å². The number of nitrogens with one attached hydrogen (secondary N) is 2. The highest BCUT2D eigenvalue weighted by molar-refractivity contribution is 6.02. The van der Waals surface area contributed by atoms with Crippen LogP contribution in [-0.2, 0) is 15.7 Å². The van der Waals surface area contributed by atoms with Crippen LogP contribution in [0.25, 0.3) is 0 Å². The first-order valence-corrected chi connectivity index (χ1v) is 17.1. The van der Waals surface area contributed by atoms with Crippen molar-refractivity contribution in [2.75, 3.05) is 64.6 Å². The minimum atomic E-state index is -4.50. The Morgan fingerprint density at radius 2 is 1.70 bits per heavy atom. The fourth-order valence-electron chi connectivity index (χ4n) is 5.61. The van der Waals surface area contributed by atoms with E-state index < -0.39 is 29.7 Å². The van der Waals surface area contributed by atoms with Crippen molar-refractivity contribution in [2.24, 2.45) is 5.92 Å². The van der Waals surface area contributed by atoms with Crippen LogP contribution in [0.4, 0.5) is 29.3 Å². The van der Waals surface area contributed by atoms with Crippen molar-refractivity contribution in [3.8, 4) is 5.75 Å². The van der Waals surface area contributed by atoms with Crippen LogP contribution >= 0.6 is 0 Å². The topological polar surface area (TPSA) is 124 Å². The number of nitrogens with zero attached hydrogens (tertiary/aromatic N) is 3. The van der Waals surface area contributed by atoms with Crippen LogP contribution in [0.3, 0.4) is 0 Å². The summed E-state index contributed by atoms with van der Waals surface area (Å²) in [5.74, 6) is -0.337. The molecule has 2 aromatic rings. The van der Waals surface area contributed by atoms with Crippen LogP contribution in [0.2, 0.25) is 0 Å². The molecule has 0 aromatic heterocycles. The third-order valence-electron chi connectivity index (χ3n) is 8.66. The zero-order valence-electron chi connectivity index (χ0n) is 29.9. The maximum atomic E-state index is 14.3. The van der Waals surface area contributed by atoms with E-state index in [1.807, 2.05) is 32.8 Å². The zero-order chi connectivity index (χ0) is 37.0. The highest BCUT2D eigenvalue weighted by atomic mass is 19.4. The Morgan fingerprint density at radius 1 is 1.04 bits per heavy atom. The number of halogens is 3. The van der Waals surface area contributed by atoms with Gasteiger partial charge in [-0.15, -0.1) is 0 Å². The van der Waals surface area contributed by atoms with Gasteiger partial charge in [0, 0.05) is 50.5 Å². The van der Waals surface area contributed by atoms with Crippen molar-refractivity contribution in [2.45, 2.75) is 77.3 Å². The van der Waals surface area contributed by atoms with E-state index in [1.165, 1.54) is 6.07 Å². The number of hydrogen-bond acceptors (Lipinski definition) is 7.